The number of benzene rings is 1. The minimum absolute atomic E-state index is 0.0284. The second kappa shape index (κ2) is 5.67. The van der Waals surface area contributed by atoms with Crippen LogP contribution in [0.3, 0.4) is 0 Å². The fourth-order valence-electron chi connectivity index (χ4n) is 2.99. The van der Waals surface area contributed by atoms with Crippen molar-refractivity contribution in [1.82, 2.24) is 9.21 Å². The van der Waals surface area contributed by atoms with Crippen molar-refractivity contribution in [2.24, 2.45) is 5.92 Å². The first kappa shape index (κ1) is 17.1. The topological polar surface area (TPSA) is 74.8 Å². The molecular weight excluding hydrogens is 328 g/mol. The van der Waals surface area contributed by atoms with Gasteiger partial charge in [-0.05, 0) is 43.9 Å². The van der Waals surface area contributed by atoms with Gasteiger partial charge in [0, 0.05) is 19.1 Å². The fraction of sp³-hybridized carbons (Fsp3) is 0.529. The van der Waals surface area contributed by atoms with Crippen LogP contribution in [-0.4, -0.2) is 48.6 Å². The number of amides is 2. The molecule has 0 saturated heterocycles. The molecule has 1 aromatic carbocycles. The maximum absolute atomic E-state index is 13.1. The molecule has 0 aromatic heterocycles. The molecule has 2 aliphatic rings. The van der Waals surface area contributed by atoms with Gasteiger partial charge in [-0.3, -0.25) is 14.5 Å². The predicted molar refractivity (Wildman–Crippen MR) is 89.2 cm³/mol. The number of hydrogen-bond donors (Lipinski definition) is 0. The molecule has 130 valence electrons. The van der Waals surface area contributed by atoms with Gasteiger partial charge >= 0.3 is 0 Å². The van der Waals surface area contributed by atoms with Gasteiger partial charge in [-0.1, -0.05) is 13.8 Å². The van der Waals surface area contributed by atoms with E-state index in [4.69, 9.17) is 0 Å². The molecule has 0 N–H and O–H groups in total. The molecule has 2 amide bonds. The Bertz CT molecular complexity index is 812. The van der Waals surface area contributed by atoms with Gasteiger partial charge in [-0.15, -0.1) is 0 Å². The third kappa shape index (κ3) is 2.56. The Labute approximate surface area is 142 Å². The first-order valence-electron chi connectivity index (χ1n) is 8.16. The quantitative estimate of drug-likeness (QED) is 0.762. The molecular formula is C17H22N2O4S. The Balaban J connectivity index is 2.05. The number of sulfonamides is 1. The van der Waals surface area contributed by atoms with Gasteiger partial charge in [0.15, 0.2) is 0 Å². The summed E-state index contributed by atoms with van der Waals surface area (Å²) in [4.78, 5) is 25.2. The summed E-state index contributed by atoms with van der Waals surface area (Å²) in [5.41, 5.74) is 0.424. The van der Waals surface area contributed by atoms with Gasteiger partial charge in [0.2, 0.25) is 10.0 Å². The van der Waals surface area contributed by atoms with Crippen LogP contribution in [0, 0.1) is 5.92 Å². The third-order valence-corrected chi connectivity index (χ3v) is 6.94. The fourth-order valence-corrected chi connectivity index (χ4v) is 5.03. The van der Waals surface area contributed by atoms with Crippen molar-refractivity contribution in [2.75, 3.05) is 7.05 Å². The molecule has 0 bridgehead atoms. The molecule has 6 nitrogen and oxygen atoms in total. The number of carbonyl (C=O) groups excluding carboxylic acids is 2. The molecule has 0 radical (unpaired) electrons. The van der Waals surface area contributed by atoms with Crippen molar-refractivity contribution in [3.05, 3.63) is 29.3 Å². The Kier molecular flexibility index (Phi) is 4.04. The number of hydrogen-bond acceptors (Lipinski definition) is 4. The van der Waals surface area contributed by atoms with Gasteiger partial charge < -0.3 is 0 Å². The zero-order chi connectivity index (χ0) is 17.8. The van der Waals surface area contributed by atoms with E-state index in [-0.39, 0.29) is 34.0 Å². The van der Waals surface area contributed by atoms with Crippen LogP contribution < -0.4 is 0 Å². The highest BCUT2D eigenvalue weighted by Crippen LogP contribution is 2.36. The van der Waals surface area contributed by atoms with Crippen LogP contribution in [0.15, 0.2) is 23.1 Å². The van der Waals surface area contributed by atoms with E-state index in [0.717, 1.165) is 17.7 Å². The third-order valence-electron chi connectivity index (χ3n) is 4.91. The molecule has 1 heterocycles. The molecule has 1 aliphatic heterocycles. The minimum Gasteiger partial charge on any atom is -0.277 e. The van der Waals surface area contributed by atoms with Crippen LogP contribution in [0.1, 0.15) is 54.3 Å². The Morgan fingerprint density at radius 1 is 1.08 bits per heavy atom. The number of rotatable bonds is 5. The largest absolute Gasteiger partial charge is 0.277 e. The highest BCUT2D eigenvalue weighted by molar-refractivity contribution is 7.89. The number of carbonyl (C=O) groups is 2. The molecule has 1 aromatic rings. The van der Waals surface area contributed by atoms with Gasteiger partial charge in [0.05, 0.1) is 16.0 Å². The van der Waals surface area contributed by atoms with Crippen molar-refractivity contribution < 1.29 is 18.0 Å². The number of nitrogens with zero attached hydrogens (tertiary/aromatic N) is 2. The summed E-state index contributed by atoms with van der Waals surface area (Å²) in [6.45, 7) is 5.90. The molecule has 0 spiro atoms. The Hall–Kier alpha value is -1.73. The molecule has 1 unspecified atom stereocenters. The lowest BCUT2D eigenvalue weighted by Gasteiger charge is -2.31. The normalized spacial score (nSPS) is 19.3. The van der Waals surface area contributed by atoms with E-state index >= 15 is 0 Å². The smallest absolute Gasteiger partial charge is 0.261 e. The zero-order valence-electron chi connectivity index (χ0n) is 14.3. The molecule has 7 heteroatoms. The molecule has 1 aliphatic carbocycles. The highest BCUT2D eigenvalue weighted by Gasteiger charge is 2.43. The summed E-state index contributed by atoms with van der Waals surface area (Å²) < 4.78 is 27.9. The summed E-state index contributed by atoms with van der Waals surface area (Å²) >= 11 is 0. The summed E-state index contributed by atoms with van der Waals surface area (Å²) in [5, 5.41) is 0. The average Bonchev–Trinajstić information content (AvgIpc) is 3.33. The molecule has 3 rings (SSSR count). The summed E-state index contributed by atoms with van der Waals surface area (Å²) in [7, 11) is -2.31. The van der Waals surface area contributed by atoms with E-state index < -0.39 is 21.8 Å². The van der Waals surface area contributed by atoms with Crippen LogP contribution >= 0.6 is 0 Å². The number of fused-ring (bicyclic) bond motifs is 1. The van der Waals surface area contributed by atoms with Crippen molar-refractivity contribution in [3.8, 4) is 0 Å². The van der Waals surface area contributed by atoms with E-state index in [1.165, 1.54) is 25.2 Å². The lowest BCUT2D eigenvalue weighted by Crippen LogP contribution is -2.43. The van der Waals surface area contributed by atoms with Crippen molar-refractivity contribution >= 4 is 21.8 Å². The van der Waals surface area contributed by atoms with Crippen molar-refractivity contribution in [2.45, 2.75) is 50.6 Å². The Morgan fingerprint density at radius 3 is 2.21 bits per heavy atom. The minimum atomic E-state index is -3.71. The summed E-state index contributed by atoms with van der Waals surface area (Å²) in [5.74, 6) is -0.667. The summed E-state index contributed by atoms with van der Waals surface area (Å²) in [6, 6.07) is 4.12. The maximum Gasteiger partial charge on any atom is 0.261 e. The Morgan fingerprint density at radius 2 is 1.67 bits per heavy atom. The van der Waals surface area contributed by atoms with E-state index in [1.54, 1.807) is 4.31 Å². The van der Waals surface area contributed by atoms with Crippen LogP contribution in [0.5, 0.6) is 0 Å². The second-order valence-electron chi connectivity index (χ2n) is 6.93. The molecule has 24 heavy (non-hydrogen) atoms. The van der Waals surface area contributed by atoms with Crippen LogP contribution in [0.2, 0.25) is 0 Å². The van der Waals surface area contributed by atoms with Crippen molar-refractivity contribution in [1.29, 1.82) is 0 Å². The second-order valence-corrected chi connectivity index (χ2v) is 8.77. The predicted octanol–water partition coefficient (Wildman–Crippen LogP) is 2.11. The van der Waals surface area contributed by atoms with E-state index in [1.807, 2.05) is 20.8 Å². The van der Waals surface area contributed by atoms with Crippen LogP contribution in [0.4, 0.5) is 0 Å². The highest BCUT2D eigenvalue weighted by atomic mass is 32.2. The van der Waals surface area contributed by atoms with E-state index in [0.29, 0.717) is 0 Å². The average molecular weight is 350 g/mol. The molecule has 1 fully saturated rings. The van der Waals surface area contributed by atoms with Crippen LogP contribution in [0.25, 0.3) is 0 Å². The van der Waals surface area contributed by atoms with E-state index in [9.17, 15) is 18.0 Å². The SMILES string of the molecule is CC(C)C(C)N(C1CC1)S(=O)(=O)c1ccc2c(c1)C(=O)N(C)C2=O. The maximum atomic E-state index is 13.1. The first-order chi connectivity index (χ1) is 11.2. The lowest BCUT2D eigenvalue weighted by atomic mass is 10.1. The van der Waals surface area contributed by atoms with Crippen LogP contribution in [-0.2, 0) is 10.0 Å². The summed E-state index contributed by atoms with van der Waals surface area (Å²) in [6.07, 6.45) is 1.72. The van der Waals surface area contributed by atoms with Gasteiger partial charge in [0.25, 0.3) is 11.8 Å². The number of imide groups is 1. The van der Waals surface area contributed by atoms with Gasteiger partial charge in [-0.2, -0.15) is 4.31 Å². The zero-order valence-corrected chi connectivity index (χ0v) is 15.1. The standard InChI is InChI=1S/C17H22N2O4S/c1-10(2)11(3)19(12-5-6-12)24(22,23)13-7-8-14-15(9-13)17(21)18(4)16(14)20/h7-12H,5-6H2,1-4H3. The lowest BCUT2D eigenvalue weighted by molar-refractivity contribution is 0.0693. The van der Waals surface area contributed by atoms with Crippen molar-refractivity contribution in [3.63, 3.8) is 0 Å². The van der Waals surface area contributed by atoms with E-state index in [2.05, 4.69) is 0 Å². The van der Waals surface area contributed by atoms with Gasteiger partial charge in [0.1, 0.15) is 0 Å². The molecule has 1 atom stereocenters. The van der Waals surface area contributed by atoms with Gasteiger partial charge in [-0.25, -0.2) is 8.42 Å². The first-order valence-corrected chi connectivity index (χ1v) is 9.60. The monoisotopic (exact) mass is 350 g/mol. The molecule has 1 saturated carbocycles.